The maximum atomic E-state index is 12.4. The van der Waals surface area contributed by atoms with Crippen LogP contribution in [0.3, 0.4) is 0 Å². The summed E-state index contributed by atoms with van der Waals surface area (Å²) >= 11 is 0. The molecule has 30 heavy (non-hydrogen) atoms. The minimum absolute atomic E-state index is 0.133. The van der Waals surface area contributed by atoms with Crippen LogP contribution in [0.4, 0.5) is 5.69 Å². The normalized spacial score (nSPS) is 13.1. The number of aromatic nitrogens is 2. The molecule has 9 nitrogen and oxygen atoms in total. The number of anilines is 1. The van der Waals surface area contributed by atoms with Gasteiger partial charge in [-0.15, -0.1) is 0 Å². The molecule has 0 unspecified atom stereocenters. The van der Waals surface area contributed by atoms with Crippen LogP contribution in [0.1, 0.15) is 12.6 Å². The first-order valence-electron chi connectivity index (χ1n) is 9.27. The van der Waals surface area contributed by atoms with E-state index in [-0.39, 0.29) is 18.8 Å². The van der Waals surface area contributed by atoms with E-state index in [9.17, 15) is 14.4 Å². The number of amides is 1. The fraction of sp³-hybridized carbons (Fsp3) is 0.238. The predicted molar refractivity (Wildman–Crippen MR) is 107 cm³/mol. The van der Waals surface area contributed by atoms with E-state index in [1.807, 2.05) is 0 Å². The van der Waals surface area contributed by atoms with E-state index in [2.05, 4.69) is 10.4 Å². The highest BCUT2D eigenvalue weighted by molar-refractivity contribution is 5.95. The number of nitrogens with one attached hydrogen (secondary N) is 1. The van der Waals surface area contributed by atoms with Gasteiger partial charge in [-0.25, -0.2) is 4.68 Å². The Hall–Kier alpha value is -3.88. The van der Waals surface area contributed by atoms with Crippen LogP contribution in [0, 0.1) is 0 Å². The van der Waals surface area contributed by atoms with E-state index in [1.165, 1.54) is 18.7 Å². The second-order valence-electron chi connectivity index (χ2n) is 6.79. The summed E-state index contributed by atoms with van der Waals surface area (Å²) in [6.07, 6.45) is -1.20. The summed E-state index contributed by atoms with van der Waals surface area (Å²) in [5, 5.41) is 7.89. The number of nitrogens with zero attached hydrogens (tertiary/aromatic N) is 2. The SMILES string of the molecule is C[C@H](OC(=O)Cc1nn(C)c(=O)c2ccccc12)C(=O)Nc1ccc2c(c1)OCO2. The number of benzene rings is 2. The molecule has 0 spiro atoms. The number of hydrogen-bond acceptors (Lipinski definition) is 7. The number of carbonyl (C=O) groups excluding carboxylic acids is 2. The zero-order valence-corrected chi connectivity index (χ0v) is 16.4. The molecule has 0 saturated heterocycles. The molecule has 2 heterocycles. The van der Waals surface area contributed by atoms with Crippen LogP contribution in [0.2, 0.25) is 0 Å². The first kappa shape index (κ1) is 19.4. The number of esters is 1. The van der Waals surface area contributed by atoms with Crippen molar-refractivity contribution in [3.8, 4) is 11.5 Å². The van der Waals surface area contributed by atoms with Crippen LogP contribution in [0.25, 0.3) is 10.8 Å². The molecule has 154 valence electrons. The highest BCUT2D eigenvalue weighted by Gasteiger charge is 2.21. The first-order chi connectivity index (χ1) is 14.4. The van der Waals surface area contributed by atoms with Gasteiger partial charge in [0, 0.05) is 24.2 Å². The van der Waals surface area contributed by atoms with Crippen LogP contribution < -0.4 is 20.3 Å². The minimum atomic E-state index is -1.03. The molecule has 2 aromatic carbocycles. The molecule has 0 radical (unpaired) electrons. The Balaban J connectivity index is 1.43. The average Bonchev–Trinajstić information content (AvgIpc) is 3.19. The van der Waals surface area contributed by atoms with Crippen molar-refractivity contribution in [2.24, 2.45) is 7.05 Å². The summed E-state index contributed by atoms with van der Waals surface area (Å²) in [6, 6.07) is 11.9. The van der Waals surface area contributed by atoms with E-state index in [0.29, 0.717) is 33.7 Å². The van der Waals surface area contributed by atoms with Gasteiger partial charge in [0.2, 0.25) is 6.79 Å². The monoisotopic (exact) mass is 409 g/mol. The van der Waals surface area contributed by atoms with Crippen molar-refractivity contribution in [3.05, 3.63) is 58.5 Å². The Bertz CT molecular complexity index is 1200. The van der Waals surface area contributed by atoms with Gasteiger partial charge in [0.15, 0.2) is 17.6 Å². The molecular formula is C21H19N3O6. The van der Waals surface area contributed by atoms with E-state index in [0.717, 1.165) is 0 Å². The number of hydrogen-bond donors (Lipinski definition) is 1. The molecule has 1 aromatic heterocycles. The Morgan fingerprint density at radius 2 is 1.90 bits per heavy atom. The van der Waals surface area contributed by atoms with Crippen LogP contribution >= 0.6 is 0 Å². The average molecular weight is 409 g/mol. The van der Waals surface area contributed by atoms with Crippen LogP contribution in [-0.4, -0.2) is 34.6 Å². The summed E-state index contributed by atoms with van der Waals surface area (Å²) < 4.78 is 17.0. The second-order valence-corrected chi connectivity index (χ2v) is 6.79. The largest absolute Gasteiger partial charge is 0.454 e. The number of ether oxygens (including phenoxy) is 3. The Kier molecular flexibility index (Phi) is 5.09. The molecule has 9 heteroatoms. The standard InChI is InChI=1S/C21H19N3O6/c1-12(20(26)22-13-7-8-17-18(9-13)29-11-28-17)30-19(25)10-16-14-5-3-4-6-15(14)21(27)24(2)23-16/h3-9,12H,10-11H2,1-2H3,(H,22,26)/t12-/m0/s1. The Labute approximate surface area is 171 Å². The van der Waals surface area contributed by atoms with Crippen LogP contribution in [-0.2, 0) is 27.8 Å². The van der Waals surface area contributed by atoms with Gasteiger partial charge in [0.05, 0.1) is 17.5 Å². The molecule has 0 aliphatic carbocycles. The molecule has 1 amide bonds. The third-order valence-corrected chi connectivity index (χ3v) is 4.66. The zero-order valence-electron chi connectivity index (χ0n) is 16.4. The van der Waals surface area contributed by atoms with Crippen LogP contribution in [0.5, 0.6) is 11.5 Å². The van der Waals surface area contributed by atoms with Crippen molar-refractivity contribution < 1.29 is 23.8 Å². The van der Waals surface area contributed by atoms with E-state index in [4.69, 9.17) is 14.2 Å². The second kappa shape index (κ2) is 7.86. The third-order valence-electron chi connectivity index (χ3n) is 4.66. The molecule has 4 rings (SSSR count). The molecule has 1 N–H and O–H groups in total. The molecule has 0 saturated carbocycles. The van der Waals surface area contributed by atoms with Crippen molar-refractivity contribution in [1.29, 1.82) is 0 Å². The van der Waals surface area contributed by atoms with Crippen molar-refractivity contribution >= 4 is 28.3 Å². The smallest absolute Gasteiger partial charge is 0.312 e. The fourth-order valence-corrected chi connectivity index (χ4v) is 3.15. The third kappa shape index (κ3) is 3.82. The highest BCUT2D eigenvalue weighted by atomic mass is 16.7. The predicted octanol–water partition coefficient (Wildman–Crippen LogP) is 1.78. The lowest BCUT2D eigenvalue weighted by atomic mass is 10.1. The highest BCUT2D eigenvalue weighted by Crippen LogP contribution is 2.34. The number of rotatable bonds is 5. The quantitative estimate of drug-likeness (QED) is 0.640. The van der Waals surface area contributed by atoms with E-state index in [1.54, 1.807) is 42.5 Å². The number of aryl methyl sites for hydroxylation is 1. The molecule has 0 fully saturated rings. The van der Waals surface area contributed by atoms with Crippen molar-refractivity contribution in [2.75, 3.05) is 12.1 Å². The Morgan fingerprint density at radius 3 is 2.70 bits per heavy atom. The minimum Gasteiger partial charge on any atom is -0.454 e. The zero-order chi connectivity index (χ0) is 21.3. The van der Waals surface area contributed by atoms with Gasteiger partial charge < -0.3 is 19.5 Å². The molecule has 3 aromatic rings. The van der Waals surface area contributed by atoms with Crippen LogP contribution in [0.15, 0.2) is 47.3 Å². The molecule has 1 aliphatic rings. The fourth-order valence-electron chi connectivity index (χ4n) is 3.15. The molecule has 1 atom stereocenters. The lowest BCUT2D eigenvalue weighted by molar-refractivity contribution is -0.152. The molecule has 0 bridgehead atoms. The molecule has 1 aliphatic heterocycles. The lowest BCUT2D eigenvalue weighted by Crippen LogP contribution is -2.31. The summed E-state index contributed by atoms with van der Waals surface area (Å²) in [6.45, 7) is 1.61. The first-order valence-corrected chi connectivity index (χ1v) is 9.27. The van der Waals surface area contributed by atoms with Crippen molar-refractivity contribution in [2.45, 2.75) is 19.4 Å². The van der Waals surface area contributed by atoms with Gasteiger partial charge in [-0.2, -0.15) is 5.10 Å². The van der Waals surface area contributed by atoms with Crippen molar-refractivity contribution in [3.63, 3.8) is 0 Å². The number of carbonyl (C=O) groups is 2. The number of fused-ring (bicyclic) bond motifs is 2. The van der Waals surface area contributed by atoms with Gasteiger partial charge in [0.1, 0.15) is 0 Å². The van der Waals surface area contributed by atoms with E-state index < -0.39 is 18.0 Å². The molecular weight excluding hydrogens is 390 g/mol. The topological polar surface area (TPSA) is 109 Å². The summed E-state index contributed by atoms with van der Waals surface area (Å²) in [5.74, 6) is 0.0229. The van der Waals surface area contributed by atoms with Gasteiger partial charge >= 0.3 is 5.97 Å². The van der Waals surface area contributed by atoms with Crippen molar-refractivity contribution in [1.82, 2.24) is 9.78 Å². The van der Waals surface area contributed by atoms with Gasteiger partial charge in [-0.05, 0) is 25.1 Å². The summed E-state index contributed by atoms with van der Waals surface area (Å²) in [7, 11) is 1.52. The summed E-state index contributed by atoms with van der Waals surface area (Å²) in [5.41, 5.74) is 0.651. The lowest BCUT2D eigenvalue weighted by Gasteiger charge is -2.14. The van der Waals surface area contributed by atoms with Gasteiger partial charge in [0.25, 0.3) is 11.5 Å². The summed E-state index contributed by atoms with van der Waals surface area (Å²) in [4.78, 5) is 37.0. The Morgan fingerprint density at radius 1 is 1.17 bits per heavy atom. The maximum Gasteiger partial charge on any atom is 0.312 e. The van der Waals surface area contributed by atoms with Gasteiger partial charge in [-0.1, -0.05) is 18.2 Å². The van der Waals surface area contributed by atoms with Gasteiger partial charge in [-0.3, -0.25) is 14.4 Å². The maximum absolute atomic E-state index is 12.4. The van der Waals surface area contributed by atoms with E-state index >= 15 is 0 Å².